The third kappa shape index (κ3) is 2.95. The van der Waals surface area contributed by atoms with E-state index >= 15 is 0 Å². The molecule has 0 bridgehead atoms. The average Bonchev–Trinajstić information content (AvgIpc) is 2.44. The van der Waals surface area contributed by atoms with Crippen LogP contribution in [0.2, 0.25) is 0 Å². The van der Waals surface area contributed by atoms with Gasteiger partial charge in [0.2, 0.25) is 0 Å². The maximum atomic E-state index is 6.30. The van der Waals surface area contributed by atoms with Crippen LogP contribution in [0.5, 0.6) is 0 Å². The zero-order valence-electron chi connectivity index (χ0n) is 11.8. The molecular weight excluding hydrogens is 254 g/mol. The van der Waals surface area contributed by atoms with Crippen LogP contribution in [0.25, 0.3) is 10.9 Å². The first-order valence-electron chi connectivity index (χ1n) is 6.50. The molecule has 0 fully saturated rings. The normalized spacial score (nSPS) is 12.6. The van der Waals surface area contributed by atoms with Gasteiger partial charge in [0.1, 0.15) is 0 Å². The van der Waals surface area contributed by atoms with Gasteiger partial charge >= 0.3 is 0 Å². The predicted octanol–water partition coefficient (Wildman–Crippen LogP) is 3.39. The molecule has 3 nitrogen and oxygen atoms in total. The van der Waals surface area contributed by atoms with E-state index < -0.39 is 0 Å². The van der Waals surface area contributed by atoms with Crippen molar-refractivity contribution >= 4 is 34.0 Å². The van der Waals surface area contributed by atoms with E-state index in [1.807, 2.05) is 30.0 Å². The minimum atomic E-state index is 0.476. The second kappa shape index (κ2) is 6.15. The number of hydrogen-bond donors (Lipinski definition) is 1. The minimum absolute atomic E-state index is 0.476. The molecular formula is C15H21N3S. The fraction of sp³-hybridized carbons (Fsp3) is 0.400. The number of benzene rings is 1. The van der Waals surface area contributed by atoms with Crippen molar-refractivity contribution in [2.45, 2.75) is 19.4 Å². The maximum absolute atomic E-state index is 6.30. The molecule has 1 heterocycles. The van der Waals surface area contributed by atoms with E-state index in [2.05, 4.69) is 36.2 Å². The van der Waals surface area contributed by atoms with E-state index in [4.69, 9.17) is 5.73 Å². The van der Waals surface area contributed by atoms with Gasteiger partial charge in [0.25, 0.3) is 0 Å². The number of fused-ring (bicyclic) bond motifs is 1. The van der Waals surface area contributed by atoms with Gasteiger partial charge < -0.3 is 10.6 Å². The molecule has 0 radical (unpaired) electrons. The van der Waals surface area contributed by atoms with Crippen molar-refractivity contribution in [1.29, 1.82) is 0 Å². The van der Waals surface area contributed by atoms with Crippen LogP contribution in [-0.2, 0) is 0 Å². The van der Waals surface area contributed by atoms with Gasteiger partial charge in [0.15, 0.2) is 0 Å². The summed E-state index contributed by atoms with van der Waals surface area (Å²) in [7, 11) is 2.11. The lowest BCUT2D eigenvalue weighted by molar-refractivity contribution is 0.670. The van der Waals surface area contributed by atoms with Gasteiger partial charge in [0.05, 0.1) is 16.9 Å². The van der Waals surface area contributed by atoms with E-state index in [9.17, 15) is 0 Å². The van der Waals surface area contributed by atoms with Crippen molar-refractivity contribution in [3.8, 4) is 0 Å². The smallest absolute Gasteiger partial charge is 0.0724 e. The Morgan fingerprint density at radius 3 is 2.89 bits per heavy atom. The van der Waals surface area contributed by atoms with E-state index in [1.165, 1.54) is 5.75 Å². The number of aromatic nitrogens is 1. The van der Waals surface area contributed by atoms with Crippen LogP contribution in [0.4, 0.5) is 11.4 Å². The first-order chi connectivity index (χ1) is 9.15. The van der Waals surface area contributed by atoms with Gasteiger partial charge in [-0.1, -0.05) is 0 Å². The molecule has 0 saturated carbocycles. The van der Waals surface area contributed by atoms with Gasteiger partial charge in [-0.25, -0.2) is 0 Å². The van der Waals surface area contributed by atoms with E-state index in [1.54, 1.807) is 6.20 Å². The Balaban J connectivity index is 2.32. The quantitative estimate of drug-likeness (QED) is 0.849. The number of nitrogens with zero attached hydrogens (tertiary/aromatic N) is 2. The molecule has 102 valence electrons. The van der Waals surface area contributed by atoms with Crippen molar-refractivity contribution in [2.24, 2.45) is 0 Å². The number of rotatable bonds is 5. The second-order valence-electron chi connectivity index (χ2n) is 4.81. The number of pyridine rings is 1. The number of anilines is 2. The first-order valence-corrected chi connectivity index (χ1v) is 7.89. The van der Waals surface area contributed by atoms with E-state index in [-0.39, 0.29) is 0 Å². The van der Waals surface area contributed by atoms with Crippen LogP contribution < -0.4 is 10.6 Å². The zero-order chi connectivity index (χ0) is 13.8. The van der Waals surface area contributed by atoms with Gasteiger partial charge in [-0.15, -0.1) is 0 Å². The van der Waals surface area contributed by atoms with Crippen molar-refractivity contribution in [3.63, 3.8) is 0 Å². The second-order valence-corrected chi connectivity index (χ2v) is 5.80. The lowest BCUT2D eigenvalue weighted by atomic mass is 10.1. The lowest BCUT2D eigenvalue weighted by Gasteiger charge is -2.28. The molecule has 0 aliphatic carbocycles. The molecule has 1 aromatic heterocycles. The summed E-state index contributed by atoms with van der Waals surface area (Å²) >= 11 is 1.88. The van der Waals surface area contributed by atoms with Crippen molar-refractivity contribution < 1.29 is 0 Å². The molecule has 19 heavy (non-hydrogen) atoms. The first kappa shape index (κ1) is 14.0. The predicted molar refractivity (Wildman–Crippen MR) is 87.0 cm³/mol. The summed E-state index contributed by atoms with van der Waals surface area (Å²) in [6.07, 6.45) is 5.09. The van der Waals surface area contributed by atoms with E-state index in [0.717, 1.165) is 28.7 Å². The highest BCUT2D eigenvalue weighted by molar-refractivity contribution is 7.98. The molecule has 0 amide bonds. The summed E-state index contributed by atoms with van der Waals surface area (Å²) in [5.74, 6) is 1.17. The Morgan fingerprint density at radius 1 is 1.37 bits per heavy atom. The fourth-order valence-corrected chi connectivity index (χ4v) is 2.77. The third-order valence-electron chi connectivity index (χ3n) is 3.58. The standard InChI is InChI=1S/C15H21N3S/c1-11(8-10-19-3)18(2)14-7-6-13-12(15(14)16)5-4-9-17-13/h4-7,9,11H,8,10,16H2,1-3H3. The highest BCUT2D eigenvalue weighted by Gasteiger charge is 2.14. The molecule has 1 aromatic carbocycles. The SMILES string of the molecule is CSCCC(C)N(C)c1ccc2ncccc2c1N. The molecule has 2 rings (SSSR count). The average molecular weight is 275 g/mol. The zero-order valence-corrected chi connectivity index (χ0v) is 12.6. The lowest BCUT2D eigenvalue weighted by Crippen LogP contribution is -2.30. The molecule has 2 aromatic rings. The highest BCUT2D eigenvalue weighted by Crippen LogP contribution is 2.31. The summed E-state index contributed by atoms with van der Waals surface area (Å²) in [4.78, 5) is 6.60. The number of nitrogens with two attached hydrogens (primary N) is 1. The molecule has 1 atom stereocenters. The molecule has 4 heteroatoms. The minimum Gasteiger partial charge on any atom is -0.396 e. The molecule has 0 aliphatic rings. The highest BCUT2D eigenvalue weighted by atomic mass is 32.2. The van der Waals surface area contributed by atoms with Crippen LogP contribution in [0.1, 0.15) is 13.3 Å². The Labute approximate surface area is 119 Å². The maximum Gasteiger partial charge on any atom is 0.0724 e. The monoisotopic (exact) mass is 275 g/mol. The number of thioether (sulfide) groups is 1. The molecule has 0 aliphatic heterocycles. The Hall–Kier alpha value is -1.42. The van der Waals surface area contributed by atoms with Crippen molar-refractivity contribution in [2.75, 3.05) is 29.7 Å². The summed E-state index contributed by atoms with van der Waals surface area (Å²) in [6, 6.07) is 8.55. The molecule has 2 N–H and O–H groups in total. The number of hydrogen-bond acceptors (Lipinski definition) is 4. The van der Waals surface area contributed by atoms with Crippen LogP contribution in [0.15, 0.2) is 30.5 Å². The molecule has 1 unspecified atom stereocenters. The summed E-state index contributed by atoms with van der Waals surface area (Å²) in [5, 5.41) is 1.03. The largest absolute Gasteiger partial charge is 0.396 e. The Kier molecular flexibility index (Phi) is 4.53. The summed E-state index contributed by atoms with van der Waals surface area (Å²) < 4.78 is 0. The van der Waals surface area contributed by atoms with Gasteiger partial charge in [-0.3, -0.25) is 4.98 Å². The van der Waals surface area contributed by atoms with Crippen LogP contribution in [0.3, 0.4) is 0 Å². The summed E-state index contributed by atoms with van der Waals surface area (Å²) in [5.41, 5.74) is 9.17. The third-order valence-corrected chi connectivity index (χ3v) is 4.23. The van der Waals surface area contributed by atoms with Crippen LogP contribution in [0, 0.1) is 0 Å². The van der Waals surface area contributed by atoms with Crippen LogP contribution >= 0.6 is 11.8 Å². The van der Waals surface area contributed by atoms with Crippen molar-refractivity contribution in [1.82, 2.24) is 4.98 Å². The molecule has 0 spiro atoms. The van der Waals surface area contributed by atoms with Crippen LogP contribution in [-0.4, -0.2) is 30.1 Å². The van der Waals surface area contributed by atoms with Gasteiger partial charge in [0, 0.05) is 24.7 Å². The Bertz CT molecular complexity index is 556. The Morgan fingerprint density at radius 2 is 2.16 bits per heavy atom. The summed E-state index contributed by atoms with van der Waals surface area (Å²) in [6.45, 7) is 2.24. The fourth-order valence-electron chi connectivity index (χ4n) is 2.19. The number of nitrogen functional groups attached to an aromatic ring is 1. The topological polar surface area (TPSA) is 42.2 Å². The van der Waals surface area contributed by atoms with Crippen molar-refractivity contribution in [3.05, 3.63) is 30.5 Å². The van der Waals surface area contributed by atoms with E-state index in [0.29, 0.717) is 6.04 Å². The van der Waals surface area contributed by atoms with Gasteiger partial charge in [-0.05, 0) is 49.6 Å². The molecule has 0 saturated heterocycles. The van der Waals surface area contributed by atoms with Gasteiger partial charge in [-0.2, -0.15) is 11.8 Å².